The molecule has 0 unspecified atom stereocenters. The number of carbonyl (C=O) groups is 1. The van der Waals surface area contributed by atoms with Crippen molar-refractivity contribution in [2.24, 2.45) is 0 Å². The minimum Gasteiger partial charge on any atom is -0.337 e. The second-order valence-corrected chi connectivity index (χ2v) is 5.10. The fourth-order valence-corrected chi connectivity index (χ4v) is 2.47. The maximum atomic E-state index is 12.1. The van der Waals surface area contributed by atoms with Crippen LogP contribution in [0.5, 0.6) is 0 Å². The Morgan fingerprint density at radius 1 is 1.26 bits per heavy atom. The fourth-order valence-electron chi connectivity index (χ4n) is 1.66. The average Bonchev–Trinajstić information content (AvgIpc) is 2.88. The van der Waals surface area contributed by atoms with Gasteiger partial charge in [0.2, 0.25) is 0 Å². The lowest BCUT2D eigenvalue weighted by atomic mass is 10.2. The van der Waals surface area contributed by atoms with Crippen molar-refractivity contribution < 1.29 is 9.72 Å². The van der Waals surface area contributed by atoms with Crippen molar-refractivity contribution >= 4 is 22.2 Å². The van der Waals surface area contributed by atoms with Gasteiger partial charge in [-0.15, -0.1) is 0 Å². The van der Waals surface area contributed by atoms with Crippen LogP contribution in [0.1, 0.15) is 15.2 Å². The largest absolute Gasteiger partial charge is 0.337 e. The van der Waals surface area contributed by atoms with E-state index >= 15 is 0 Å². The number of carbonyl (C=O) groups excluding carboxylic acids is 1. The summed E-state index contributed by atoms with van der Waals surface area (Å²) in [6.45, 7) is 0.478. The van der Waals surface area contributed by atoms with E-state index in [-0.39, 0.29) is 10.9 Å². The van der Waals surface area contributed by atoms with Crippen LogP contribution in [0.3, 0.4) is 0 Å². The molecular formula is C13H12N2O3S. The highest BCUT2D eigenvalue weighted by molar-refractivity contribution is 7.17. The minimum absolute atomic E-state index is 0.0172. The van der Waals surface area contributed by atoms with Gasteiger partial charge in [-0.3, -0.25) is 14.9 Å². The molecule has 1 aromatic carbocycles. The number of nitro groups is 1. The molecule has 0 aliphatic rings. The number of hydrogen-bond acceptors (Lipinski definition) is 4. The van der Waals surface area contributed by atoms with Crippen molar-refractivity contribution in [3.8, 4) is 0 Å². The Morgan fingerprint density at radius 3 is 2.53 bits per heavy atom. The van der Waals surface area contributed by atoms with Gasteiger partial charge in [0, 0.05) is 19.7 Å². The third kappa shape index (κ3) is 3.17. The van der Waals surface area contributed by atoms with E-state index in [1.165, 1.54) is 12.1 Å². The summed E-state index contributed by atoms with van der Waals surface area (Å²) in [5, 5.41) is 10.6. The Balaban J connectivity index is 2.08. The van der Waals surface area contributed by atoms with E-state index in [4.69, 9.17) is 0 Å². The molecule has 0 saturated carbocycles. The molecule has 0 N–H and O–H groups in total. The zero-order valence-electron chi connectivity index (χ0n) is 10.3. The maximum absolute atomic E-state index is 12.1. The molecule has 1 aromatic heterocycles. The van der Waals surface area contributed by atoms with Crippen LogP contribution in [0.25, 0.3) is 0 Å². The number of rotatable bonds is 4. The minimum atomic E-state index is -0.487. The first-order chi connectivity index (χ1) is 9.08. The number of benzene rings is 1. The second kappa shape index (κ2) is 5.62. The molecule has 0 aliphatic carbocycles. The fraction of sp³-hybridized carbons (Fsp3) is 0.154. The van der Waals surface area contributed by atoms with Crippen molar-refractivity contribution in [2.75, 3.05) is 7.05 Å². The summed E-state index contributed by atoms with van der Waals surface area (Å²) in [7, 11) is 1.68. The first-order valence-corrected chi connectivity index (χ1v) is 6.43. The van der Waals surface area contributed by atoms with Crippen LogP contribution in [-0.4, -0.2) is 22.8 Å². The van der Waals surface area contributed by atoms with E-state index in [2.05, 4.69) is 0 Å². The summed E-state index contributed by atoms with van der Waals surface area (Å²) in [4.78, 5) is 24.1. The molecule has 0 atom stereocenters. The molecule has 0 bridgehead atoms. The van der Waals surface area contributed by atoms with Crippen LogP contribution in [0.15, 0.2) is 42.5 Å². The van der Waals surface area contributed by atoms with Crippen molar-refractivity contribution in [2.45, 2.75) is 6.54 Å². The Labute approximate surface area is 114 Å². The maximum Gasteiger partial charge on any atom is 0.324 e. The summed E-state index contributed by atoms with van der Waals surface area (Å²) in [6.07, 6.45) is 0. The lowest BCUT2D eigenvalue weighted by Gasteiger charge is -2.15. The standard InChI is InChI=1S/C13H12N2O3S/c1-14(9-10-5-3-2-4-6-10)13(16)11-7-8-12(19-11)15(17)18/h2-8H,9H2,1H3. The lowest BCUT2D eigenvalue weighted by Crippen LogP contribution is -2.25. The van der Waals surface area contributed by atoms with Gasteiger partial charge in [0.05, 0.1) is 9.80 Å². The van der Waals surface area contributed by atoms with Crippen LogP contribution in [0, 0.1) is 10.1 Å². The quantitative estimate of drug-likeness (QED) is 0.637. The average molecular weight is 276 g/mol. The highest BCUT2D eigenvalue weighted by atomic mass is 32.1. The van der Waals surface area contributed by atoms with Crippen LogP contribution >= 0.6 is 11.3 Å². The molecule has 19 heavy (non-hydrogen) atoms. The summed E-state index contributed by atoms with van der Waals surface area (Å²) in [6, 6.07) is 12.4. The molecule has 5 nitrogen and oxygen atoms in total. The van der Waals surface area contributed by atoms with E-state index in [1.807, 2.05) is 30.3 Å². The third-order valence-corrected chi connectivity index (χ3v) is 3.62. The van der Waals surface area contributed by atoms with Crippen molar-refractivity contribution in [3.05, 3.63) is 63.0 Å². The normalized spacial score (nSPS) is 10.2. The molecule has 0 aliphatic heterocycles. The van der Waals surface area contributed by atoms with Gasteiger partial charge < -0.3 is 4.90 Å². The van der Waals surface area contributed by atoms with E-state index in [0.29, 0.717) is 11.4 Å². The Hall–Kier alpha value is -2.21. The predicted octanol–water partition coefficient (Wildman–Crippen LogP) is 2.93. The molecule has 2 aromatic rings. The summed E-state index contributed by atoms with van der Waals surface area (Å²) < 4.78 is 0. The Morgan fingerprint density at radius 2 is 1.95 bits per heavy atom. The van der Waals surface area contributed by atoms with Crippen molar-refractivity contribution in [3.63, 3.8) is 0 Å². The highest BCUT2D eigenvalue weighted by Gasteiger charge is 2.18. The van der Waals surface area contributed by atoms with E-state index in [1.54, 1.807) is 11.9 Å². The third-order valence-electron chi connectivity index (χ3n) is 2.59. The summed E-state index contributed by atoms with van der Waals surface area (Å²) in [5.41, 5.74) is 1.02. The smallest absolute Gasteiger partial charge is 0.324 e. The molecule has 2 rings (SSSR count). The SMILES string of the molecule is CN(Cc1ccccc1)C(=O)c1ccc([N+](=O)[O-])s1. The van der Waals surface area contributed by atoms with E-state index < -0.39 is 4.92 Å². The summed E-state index contributed by atoms with van der Waals surface area (Å²) in [5.74, 6) is -0.207. The van der Waals surface area contributed by atoms with Crippen LogP contribution in [0.2, 0.25) is 0 Å². The number of thiophene rings is 1. The van der Waals surface area contributed by atoms with Gasteiger partial charge in [0.25, 0.3) is 5.91 Å². The van der Waals surface area contributed by atoms with Gasteiger partial charge in [-0.25, -0.2) is 0 Å². The van der Waals surface area contributed by atoms with Gasteiger partial charge in [-0.2, -0.15) is 0 Å². The number of nitrogens with zero attached hydrogens (tertiary/aromatic N) is 2. The zero-order valence-corrected chi connectivity index (χ0v) is 11.1. The molecular weight excluding hydrogens is 264 g/mol. The second-order valence-electron chi connectivity index (χ2n) is 4.04. The van der Waals surface area contributed by atoms with Crippen molar-refractivity contribution in [1.29, 1.82) is 0 Å². The van der Waals surface area contributed by atoms with Crippen molar-refractivity contribution in [1.82, 2.24) is 4.90 Å². The predicted molar refractivity (Wildman–Crippen MR) is 73.2 cm³/mol. The highest BCUT2D eigenvalue weighted by Crippen LogP contribution is 2.25. The van der Waals surface area contributed by atoms with Gasteiger partial charge in [0.1, 0.15) is 0 Å². The van der Waals surface area contributed by atoms with Gasteiger partial charge in [-0.1, -0.05) is 41.7 Å². The zero-order chi connectivity index (χ0) is 13.8. The van der Waals surface area contributed by atoms with Gasteiger partial charge in [0.15, 0.2) is 0 Å². The molecule has 0 fully saturated rings. The number of hydrogen-bond donors (Lipinski definition) is 0. The molecule has 1 heterocycles. The molecule has 0 spiro atoms. The first-order valence-electron chi connectivity index (χ1n) is 5.61. The molecule has 0 saturated heterocycles. The number of amides is 1. The van der Waals surface area contributed by atoms with E-state index in [9.17, 15) is 14.9 Å². The monoisotopic (exact) mass is 276 g/mol. The van der Waals surface area contributed by atoms with Gasteiger partial charge in [-0.05, 0) is 11.6 Å². The van der Waals surface area contributed by atoms with E-state index in [0.717, 1.165) is 16.9 Å². The molecule has 98 valence electrons. The Bertz CT molecular complexity index is 595. The molecule has 6 heteroatoms. The molecule has 1 amide bonds. The van der Waals surface area contributed by atoms with Gasteiger partial charge >= 0.3 is 5.00 Å². The topological polar surface area (TPSA) is 63.5 Å². The molecule has 0 radical (unpaired) electrons. The lowest BCUT2D eigenvalue weighted by molar-refractivity contribution is -0.380. The van der Waals surface area contributed by atoms with Crippen LogP contribution in [0.4, 0.5) is 5.00 Å². The summed E-state index contributed by atoms with van der Waals surface area (Å²) >= 11 is 0.898. The van der Waals surface area contributed by atoms with Crippen LogP contribution in [-0.2, 0) is 6.54 Å². The first kappa shape index (κ1) is 13.2. The Kier molecular flexibility index (Phi) is 3.91. The van der Waals surface area contributed by atoms with Crippen LogP contribution < -0.4 is 0 Å².